The molecule has 8 heteroatoms. The number of esters is 2. The van der Waals surface area contributed by atoms with Gasteiger partial charge in [0.1, 0.15) is 12.1 Å². The van der Waals surface area contributed by atoms with Gasteiger partial charge in [-0.25, -0.2) is 19.2 Å². The molecule has 2 fully saturated rings. The van der Waals surface area contributed by atoms with Crippen molar-refractivity contribution in [1.82, 2.24) is 10.6 Å². The fourth-order valence-corrected chi connectivity index (χ4v) is 2.75. The Morgan fingerprint density at radius 2 is 0.964 bits per heavy atom. The van der Waals surface area contributed by atoms with Crippen LogP contribution < -0.4 is 10.6 Å². The fraction of sp³-hybridized carbons (Fsp3) is 0.200. The van der Waals surface area contributed by atoms with Crippen LogP contribution in [-0.4, -0.2) is 36.2 Å². The number of benzene rings is 2. The molecule has 2 heterocycles. The van der Waals surface area contributed by atoms with Gasteiger partial charge in [0.05, 0.1) is 0 Å². The Balaban J connectivity index is 0.000000161. The number of nitrogens with one attached hydrogen (secondary N) is 2. The van der Waals surface area contributed by atoms with Gasteiger partial charge >= 0.3 is 24.1 Å². The lowest BCUT2D eigenvalue weighted by molar-refractivity contribution is -0.136. The van der Waals surface area contributed by atoms with E-state index in [1.165, 1.54) is 0 Å². The van der Waals surface area contributed by atoms with Crippen LogP contribution in [0.1, 0.15) is 11.1 Å². The molecule has 8 nitrogen and oxygen atoms in total. The van der Waals surface area contributed by atoms with Gasteiger partial charge in [0.2, 0.25) is 0 Å². The highest BCUT2D eigenvalue weighted by atomic mass is 16.6. The largest absolute Gasteiger partial charge is 0.415 e. The summed E-state index contributed by atoms with van der Waals surface area (Å²) < 4.78 is 8.71. The smallest absolute Gasteiger partial charge is 0.375 e. The SMILES string of the molecule is O=C1N[C@@H](Cc2ccccc2)C(=O)O1.O=C1N[C@H](Cc2ccccc2)C(=O)O1. The van der Waals surface area contributed by atoms with E-state index in [0.29, 0.717) is 12.8 Å². The second-order valence-corrected chi connectivity index (χ2v) is 6.19. The van der Waals surface area contributed by atoms with Crippen LogP contribution >= 0.6 is 0 Å². The summed E-state index contributed by atoms with van der Waals surface area (Å²) in [7, 11) is 0. The Morgan fingerprint density at radius 3 is 1.25 bits per heavy atom. The van der Waals surface area contributed by atoms with Gasteiger partial charge in [0.25, 0.3) is 0 Å². The molecule has 2 saturated heterocycles. The van der Waals surface area contributed by atoms with Crippen molar-refractivity contribution in [3.8, 4) is 0 Å². The number of amides is 2. The molecule has 2 aromatic rings. The van der Waals surface area contributed by atoms with Crippen LogP contribution in [0.4, 0.5) is 9.59 Å². The van der Waals surface area contributed by atoms with Crippen molar-refractivity contribution in [2.75, 3.05) is 0 Å². The minimum absolute atomic E-state index is 0.478. The number of rotatable bonds is 4. The predicted octanol–water partition coefficient (Wildman–Crippen LogP) is 1.73. The first kappa shape index (κ1) is 19.1. The molecule has 2 atom stereocenters. The summed E-state index contributed by atoms with van der Waals surface area (Å²) in [6.45, 7) is 0. The average Bonchev–Trinajstić information content (AvgIpc) is 3.17. The molecular formula is C20H18N2O6. The van der Waals surface area contributed by atoms with Gasteiger partial charge in [-0.1, -0.05) is 60.7 Å². The van der Waals surface area contributed by atoms with E-state index in [4.69, 9.17) is 0 Å². The summed E-state index contributed by atoms with van der Waals surface area (Å²) in [5, 5.41) is 4.88. The topological polar surface area (TPSA) is 111 Å². The van der Waals surface area contributed by atoms with Crippen molar-refractivity contribution >= 4 is 24.1 Å². The van der Waals surface area contributed by atoms with Gasteiger partial charge in [0, 0.05) is 12.8 Å². The van der Waals surface area contributed by atoms with Crippen molar-refractivity contribution in [3.05, 3.63) is 71.8 Å². The predicted molar refractivity (Wildman–Crippen MR) is 97.1 cm³/mol. The summed E-state index contributed by atoms with van der Waals surface area (Å²) in [6.07, 6.45) is -0.358. The minimum Gasteiger partial charge on any atom is -0.375 e. The van der Waals surface area contributed by atoms with Gasteiger partial charge in [-0.3, -0.25) is 0 Å². The third-order valence-corrected chi connectivity index (χ3v) is 4.11. The van der Waals surface area contributed by atoms with Gasteiger partial charge in [-0.05, 0) is 11.1 Å². The molecule has 2 N–H and O–H groups in total. The summed E-state index contributed by atoms with van der Waals surface area (Å²) in [4.78, 5) is 43.6. The maximum Gasteiger partial charge on any atom is 0.415 e. The first-order valence-corrected chi connectivity index (χ1v) is 8.63. The molecule has 0 unspecified atom stereocenters. The summed E-state index contributed by atoms with van der Waals surface area (Å²) >= 11 is 0. The van der Waals surface area contributed by atoms with E-state index >= 15 is 0 Å². The summed E-state index contributed by atoms with van der Waals surface area (Å²) in [5.41, 5.74) is 1.99. The number of cyclic esters (lactones) is 4. The number of hydrogen-bond acceptors (Lipinski definition) is 6. The molecule has 0 aromatic heterocycles. The quantitative estimate of drug-likeness (QED) is 0.615. The zero-order valence-electron chi connectivity index (χ0n) is 14.8. The van der Waals surface area contributed by atoms with E-state index in [9.17, 15) is 19.2 Å². The first-order chi connectivity index (χ1) is 13.5. The van der Waals surface area contributed by atoms with Gasteiger partial charge in [0.15, 0.2) is 0 Å². The van der Waals surface area contributed by atoms with E-state index in [1.54, 1.807) is 0 Å². The zero-order valence-corrected chi connectivity index (χ0v) is 14.8. The molecule has 2 aliphatic heterocycles. The van der Waals surface area contributed by atoms with Crippen LogP contribution in [-0.2, 0) is 31.9 Å². The first-order valence-electron chi connectivity index (χ1n) is 8.63. The monoisotopic (exact) mass is 382 g/mol. The van der Waals surface area contributed by atoms with Crippen LogP contribution in [0, 0.1) is 0 Å². The Labute approximate surface area is 160 Å². The number of alkyl carbamates (subject to hydrolysis) is 2. The highest BCUT2D eigenvalue weighted by Crippen LogP contribution is 2.09. The molecule has 28 heavy (non-hydrogen) atoms. The summed E-state index contributed by atoms with van der Waals surface area (Å²) in [5.74, 6) is -1.00. The van der Waals surface area contributed by atoms with Crippen molar-refractivity contribution in [1.29, 1.82) is 0 Å². The van der Waals surface area contributed by atoms with Crippen molar-refractivity contribution in [3.63, 3.8) is 0 Å². The molecule has 4 rings (SSSR count). The molecule has 0 bridgehead atoms. The van der Waals surface area contributed by atoms with Gasteiger partial charge < -0.3 is 20.1 Å². The van der Waals surface area contributed by atoms with E-state index in [2.05, 4.69) is 20.1 Å². The van der Waals surface area contributed by atoms with Crippen molar-refractivity contribution in [2.45, 2.75) is 24.9 Å². The summed E-state index contributed by atoms with van der Waals surface area (Å²) in [6, 6.07) is 17.9. The molecule has 2 amide bonds. The molecule has 2 aliphatic rings. The number of carbonyl (C=O) groups excluding carboxylic acids is 4. The molecular weight excluding hydrogens is 364 g/mol. The van der Waals surface area contributed by atoms with Crippen LogP contribution in [0.25, 0.3) is 0 Å². The van der Waals surface area contributed by atoms with Crippen LogP contribution in [0.15, 0.2) is 60.7 Å². The van der Waals surface area contributed by atoms with Gasteiger partial charge in [-0.2, -0.15) is 0 Å². The van der Waals surface area contributed by atoms with E-state index < -0.39 is 36.2 Å². The Kier molecular flexibility index (Phi) is 6.01. The van der Waals surface area contributed by atoms with Crippen LogP contribution in [0.3, 0.4) is 0 Å². The lowest BCUT2D eigenvalue weighted by Gasteiger charge is -2.04. The molecule has 0 radical (unpaired) electrons. The number of ether oxygens (including phenoxy) is 2. The maximum absolute atomic E-state index is 11.1. The molecule has 0 saturated carbocycles. The second-order valence-electron chi connectivity index (χ2n) is 6.19. The lowest BCUT2D eigenvalue weighted by Crippen LogP contribution is -2.30. The molecule has 2 aromatic carbocycles. The Morgan fingerprint density at radius 1 is 0.607 bits per heavy atom. The van der Waals surface area contributed by atoms with E-state index in [1.807, 2.05) is 60.7 Å². The van der Waals surface area contributed by atoms with Crippen molar-refractivity contribution < 1.29 is 28.7 Å². The minimum atomic E-state index is -0.657. The highest BCUT2D eigenvalue weighted by Gasteiger charge is 2.32. The Bertz CT molecular complexity index is 795. The lowest BCUT2D eigenvalue weighted by atomic mass is 10.1. The third kappa shape index (κ3) is 5.16. The maximum atomic E-state index is 11.1. The molecule has 0 aliphatic carbocycles. The standard InChI is InChI=1S/2C10H9NO3/c2*12-9-8(11-10(13)14-9)6-7-4-2-1-3-5-7/h2*1-5,8H,6H2,(H,11,13)/t2*8-/m10/s1. The third-order valence-electron chi connectivity index (χ3n) is 4.11. The van der Waals surface area contributed by atoms with Crippen molar-refractivity contribution in [2.24, 2.45) is 0 Å². The number of hydrogen-bond donors (Lipinski definition) is 2. The van der Waals surface area contributed by atoms with E-state index in [0.717, 1.165) is 11.1 Å². The average molecular weight is 382 g/mol. The fourth-order valence-electron chi connectivity index (χ4n) is 2.75. The Hall–Kier alpha value is -3.68. The number of carbonyl (C=O) groups is 4. The van der Waals surface area contributed by atoms with E-state index in [-0.39, 0.29) is 0 Å². The normalized spacial score (nSPS) is 20.4. The second kappa shape index (κ2) is 8.81. The van der Waals surface area contributed by atoms with Gasteiger partial charge in [-0.15, -0.1) is 0 Å². The molecule has 144 valence electrons. The van der Waals surface area contributed by atoms with Crippen LogP contribution in [0.2, 0.25) is 0 Å². The molecule has 0 spiro atoms. The highest BCUT2D eigenvalue weighted by molar-refractivity contribution is 5.96. The van der Waals surface area contributed by atoms with Crippen LogP contribution in [0.5, 0.6) is 0 Å². The zero-order chi connectivity index (χ0) is 19.9.